The topological polar surface area (TPSA) is 84.4 Å². The molecule has 1 saturated heterocycles. The zero-order chi connectivity index (χ0) is 26.9. The normalized spacial score (nSPS) is 19.5. The summed E-state index contributed by atoms with van der Waals surface area (Å²) < 4.78 is 45.4. The highest BCUT2D eigenvalue weighted by Gasteiger charge is 2.44. The first-order valence-electron chi connectivity index (χ1n) is 13.3. The van der Waals surface area contributed by atoms with E-state index < -0.39 is 11.7 Å². The molecule has 0 unspecified atom stereocenters. The summed E-state index contributed by atoms with van der Waals surface area (Å²) in [5.41, 5.74) is 0.629. The number of Topliss-reactive ketones (excluding diaryl/α,β-unsaturated/α-hetero) is 1. The fourth-order valence-electron chi connectivity index (χ4n) is 5.45. The van der Waals surface area contributed by atoms with Crippen molar-refractivity contribution >= 4 is 17.6 Å². The van der Waals surface area contributed by atoms with Crippen LogP contribution in [-0.2, 0) is 17.6 Å². The summed E-state index contributed by atoms with van der Waals surface area (Å²) in [5.74, 6) is 0.718. The molecule has 204 valence electrons. The number of benzene rings is 1. The first-order valence-corrected chi connectivity index (χ1v) is 13.3. The van der Waals surface area contributed by atoms with Gasteiger partial charge in [0, 0.05) is 38.7 Å². The number of nitrogens with one attached hydrogen (secondary N) is 1. The quantitative estimate of drug-likeness (QED) is 0.526. The van der Waals surface area contributed by atoms with Gasteiger partial charge in [-0.25, -0.2) is 4.98 Å². The van der Waals surface area contributed by atoms with Crippen LogP contribution >= 0.6 is 0 Å². The summed E-state index contributed by atoms with van der Waals surface area (Å²) in [7, 11) is 0. The second-order valence-corrected chi connectivity index (χ2v) is 11.0. The number of aromatic nitrogens is 2. The van der Waals surface area contributed by atoms with Crippen LogP contribution in [0.5, 0.6) is 5.88 Å². The number of piperidine rings is 1. The number of ketones is 1. The Hall–Kier alpha value is -3.17. The lowest BCUT2D eigenvalue weighted by Crippen LogP contribution is -2.36. The van der Waals surface area contributed by atoms with Crippen LogP contribution in [0.25, 0.3) is 0 Å². The lowest BCUT2D eigenvalue weighted by Gasteiger charge is -2.32. The number of carbonyl (C=O) groups is 2. The van der Waals surface area contributed by atoms with Crippen molar-refractivity contribution in [1.29, 1.82) is 0 Å². The van der Waals surface area contributed by atoms with Gasteiger partial charge in [-0.1, -0.05) is 12.1 Å². The number of amides is 1. The number of ether oxygens (including phenoxy) is 1. The average Bonchev–Trinajstić information content (AvgIpc) is 3.65. The number of carbonyl (C=O) groups excluding carboxylic acids is 2. The molecule has 1 N–H and O–H groups in total. The van der Waals surface area contributed by atoms with Crippen LogP contribution in [0.3, 0.4) is 0 Å². The molecule has 5 rings (SSSR count). The van der Waals surface area contributed by atoms with Crippen molar-refractivity contribution in [3.63, 3.8) is 0 Å². The highest BCUT2D eigenvalue weighted by molar-refractivity contribution is 5.96. The van der Waals surface area contributed by atoms with Gasteiger partial charge in [0.05, 0.1) is 5.56 Å². The fourth-order valence-corrected chi connectivity index (χ4v) is 5.45. The van der Waals surface area contributed by atoms with Crippen LogP contribution in [0, 0.1) is 18.3 Å². The van der Waals surface area contributed by atoms with E-state index in [2.05, 4.69) is 20.2 Å². The van der Waals surface area contributed by atoms with E-state index >= 15 is 0 Å². The summed E-state index contributed by atoms with van der Waals surface area (Å²) >= 11 is 0. The van der Waals surface area contributed by atoms with Crippen LogP contribution in [0.2, 0.25) is 0 Å². The standard InChI is InChI=1S/C28H33F3N4O3/c1-18-14-20(4-7-23(18)28(29,30)31)17-38-25-22(24(37)32-15-19-2-5-21(36)6-3-19)16-33-26(34-25)35-12-10-27(8-9-27)11-13-35/h4,7,14,16,19H,2-3,5-6,8-13,15,17H2,1H3,(H,32,37). The van der Waals surface area contributed by atoms with Crippen LogP contribution in [0.1, 0.15) is 78.4 Å². The first kappa shape index (κ1) is 26.4. The molecule has 10 heteroatoms. The number of anilines is 1. The molecule has 0 bridgehead atoms. The molecule has 2 aliphatic carbocycles. The van der Waals surface area contributed by atoms with E-state index in [0.717, 1.165) is 44.8 Å². The van der Waals surface area contributed by atoms with Gasteiger partial charge in [0.1, 0.15) is 18.0 Å². The number of aryl methyl sites for hydroxylation is 1. The van der Waals surface area contributed by atoms with Crippen LogP contribution in [0.15, 0.2) is 24.4 Å². The number of alkyl halides is 3. The van der Waals surface area contributed by atoms with Crippen molar-refractivity contribution in [3.05, 3.63) is 46.6 Å². The Bertz CT molecular complexity index is 1190. The maximum atomic E-state index is 13.2. The van der Waals surface area contributed by atoms with Gasteiger partial charge in [0.15, 0.2) is 0 Å². The molecule has 0 atom stereocenters. The highest BCUT2D eigenvalue weighted by atomic mass is 19.4. The SMILES string of the molecule is Cc1cc(COc2nc(N3CCC4(CC3)CC4)ncc2C(=O)NCC2CCC(=O)CC2)ccc1C(F)(F)F. The number of halogens is 3. The first-order chi connectivity index (χ1) is 18.1. The van der Waals surface area contributed by atoms with Gasteiger partial charge in [0.25, 0.3) is 5.91 Å². The van der Waals surface area contributed by atoms with E-state index in [4.69, 9.17) is 4.74 Å². The summed E-state index contributed by atoms with van der Waals surface area (Å²) in [4.78, 5) is 35.8. The molecule has 7 nitrogen and oxygen atoms in total. The van der Waals surface area contributed by atoms with E-state index in [0.29, 0.717) is 36.3 Å². The zero-order valence-electron chi connectivity index (χ0n) is 21.6. The number of hydrogen-bond acceptors (Lipinski definition) is 6. The number of nitrogens with zero attached hydrogens (tertiary/aromatic N) is 3. The fraction of sp³-hybridized carbons (Fsp3) is 0.571. The second kappa shape index (κ2) is 10.5. The van der Waals surface area contributed by atoms with E-state index in [9.17, 15) is 22.8 Å². The molecule has 38 heavy (non-hydrogen) atoms. The third-order valence-electron chi connectivity index (χ3n) is 8.24. The predicted octanol–water partition coefficient (Wildman–Crippen LogP) is 5.25. The molecular formula is C28H33F3N4O3. The van der Waals surface area contributed by atoms with Crippen molar-refractivity contribution in [2.75, 3.05) is 24.5 Å². The maximum absolute atomic E-state index is 13.2. The molecule has 1 spiro atoms. The summed E-state index contributed by atoms with van der Waals surface area (Å²) in [5, 5.41) is 2.92. The molecule has 2 heterocycles. The van der Waals surface area contributed by atoms with E-state index in [1.807, 2.05) is 0 Å². The Morgan fingerprint density at radius 3 is 2.50 bits per heavy atom. The van der Waals surface area contributed by atoms with E-state index in [-0.39, 0.29) is 41.2 Å². The molecule has 0 radical (unpaired) electrons. The van der Waals surface area contributed by atoms with Crippen molar-refractivity contribution in [1.82, 2.24) is 15.3 Å². The van der Waals surface area contributed by atoms with Gasteiger partial charge in [-0.2, -0.15) is 18.2 Å². The lowest BCUT2D eigenvalue weighted by atomic mass is 9.88. The molecule has 3 fully saturated rings. The minimum atomic E-state index is -4.42. The Morgan fingerprint density at radius 1 is 1.16 bits per heavy atom. The van der Waals surface area contributed by atoms with Crippen LogP contribution < -0.4 is 15.0 Å². The molecule has 1 aromatic heterocycles. The van der Waals surface area contributed by atoms with E-state index in [1.165, 1.54) is 38.1 Å². The third-order valence-corrected chi connectivity index (χ3v) is 8.24. The summed E-state index contributed by atoms with van der Waals surface area (Å²) in [6, 6.07) is 3.86. The van der Waals surface area contributed by atoms with Crippen LogP contribution in [-0.4, -0.2) is 41.3 Å². The third kappa shape index (κ3) is 6.10. The summed E-state index contributed by atoms with van der Waals surface area (Å²) in [6.45, 7) is 3.49. The second-order valence-electron chi connectivity index (χ2n) is 11.0. The molecule has 2 aromatic rings. The van der Waals surface area contributed by atoms with E-state index in [1.54, 1.807) is 0 Å². The molecule has 1 aromatic carbocycles. The summed E-state index contributed by atoms with van der Waals surface area (Å²) in [6.07, 6.45) is 4.35. The molecule has 1 amide bonds. The highest BCUT2D eigenvalue weighted by Crippen LogP contribution is 2.53. The molecule has 1 aliphatic heterocycles. The van der Waals surface area contributed by atoms with Crippen molar-refractivity contribution in [2.24, 2.45) is 11.3 Å². The Labute approximate surface area is 220 Å². The van der Waals surface area contributed by atoms with Crippen molar-refractivity contribution in [3.8, 4) is 5.88 Å². The Morgan fingerprint density at radius 2 is 1.87 bits per heavy atom. The van der Waals surface area contributed by atoms with Gasteiger partial charge >= 0.3 is 6.18 Å². The Kier molecular flexibility index (Phi) is 7.33. The smallest absolute Gasteiger partial charge is 0.416 e. The minimum Gasteiger partial charge on any atom is -0.472 e. The van der Waals surface area contributed by atoms with Crippen LogP contribution in [0.4, 0.5) is 19.1 Å². The minimum absolute atomic E-state index is 0.0381. The average molecular weight is 531 g/mol. The lowest BCUT2D eigenvalue weighted by molar-refractivity contribution is -0.138. The van der Waals surface area contributed by atoms with Crippen molar-refractivity contribution < 1.29 is 27.5 Å². The monoisotopic (exact) mass is 530 g/mol. The largest absolute Gasteiger partial charge is 0.472 e. The zero-order valence-corrected chi connectivity index (χ0v) is 21.6. The number of rotatable bonds is 7. The van der Waals surface area contributed by atoms with Gasteiger partial charge in [0.2, 0.25) is 11.8 Å². The molecule has 2 saturated carbocycles. The van der Waals surface area contributed by atoms with Gasteiger partial charge < -0.3 is 15.0 Å². The van der Waals surface area contributed by atoms with Crippen molar-refractivity contribution in [2.45, 2.75) is 71.1 Å². The van der Waals surface area contributed by atoms with Gasteiger partial charge in [-0.15, -0.1) is 0 Å². The Balaban J connectivity index is 1.31. The molecule has 3 aliphatic rings. The molecular weight excluding hydrogens is 497 g/mol. The van der Waals surface area contributed by atoms with Gasteiger partial charge in [-0.3, -0.25) is 9.59 Å². The van der Waals surface area contributed by atoms with Gasteiger partial charge in [-0.05, 0) is 74.0 Å². The predicted molar refractivity (Wildman–Crippen MR) is 135 cm³/mol. The number of hydrogen-bond donors (Lipinski definition) is 1. The maximum Gasteiger partial charge on any atom is 0.416 e.